The highest BCUT2D eigenvalue weighted by Gasteiger charge is 2.27. The number of ketones is 1. The van der Waals surface area contributed by atoms with Gasteiger partial charge in [-0.25, -0.2) is 0 Å². The smallest absolute Gasteiger partial charge is 0.307 e. The third-order valence-corrected chi connectivity index (χ3v) is 3.64. The van der Waals surface area contributed by atoms with Crippen LogP contribution in [-0.4, -0.2) is 36.4 Å². The molecule has 6 nitrogen and oxygen atoms in total. The summed E-state index contributed by atoms with van der Waals surface area (Å²) in [6, 6.07) is 7.01. The van der Waals surface area contributed by atoms with Gasteiger partial charge < -0.3 is 14.8 Å². The Labute approximate surface area is 141 Å². The maximum absolute atomic E-state index is 12.1. The monoisotopic (exact) mass is 333 g/mol. The maximum atomic E-state index is 12.1. The van der Waals surface area contributed by atoms with Crippen LogP contribution in [-0.2, 0) is 14.3 Å². The number of rotatable bonds is 9. The first-order chi connectivity index (χ1) is 11.5. The van der Waals surface area contributed by atoms with Gasteiger partial charge in [0.1, 0.15) is 5.75 Å². The average molecular weight is 333 g/mol. The molecular formula is C18H23NO5. The average Bonchev–Trinajstić information content (AvgIpc) is 3.37. The highest BCUT2D eigenvalue weighted by Crippen LogP contribution is 2.19. The Morgan fingerprint density at radius 3 is 2.42 bits per heavy atom. The molecule has 0 aromatic heterocycles. The minimum absolute atomic E-state index is 0.0454. The Hall–Kier alpha value is -2.37. The van der Waals surface area contributed by atoms with E-state index in [2.05, 4.69) is 5.32 Å². The SMILES string of the molecule is CCOc1ccc(C(=O)CCC(=O)O[C@@H](C)C(=O)NC2CC2)cc1. The van der Waals surface area contributed by atoms with Crippen LogP contribution >= 0.6 is 0 Å². The van der Waals surface area contributed by atoms with Crippen LogP contribution in [0.4, 0.5) is 0 Å². The quantitative estimate of drug-likeness (QED) is 0.554. The molecule has 24 heavy (non-hydrogen) atoms. The maximum Gasteiger partial charge on any atom is 0.307 e. The predicted octanol–water partition coefficient (Wildman–Crippen LogP) is 2.26. The third kappa shape index (κ3) is 5.68. The molecule has 2 rings (SSSR count). The van der Waals surface area contributed by atoms with E-state index in [4.69, 9.17) is 9.47 Å². The van der Waals surface area contributed by atoms with E-state index in [-0.39, 0.29) is 30.6 Å². The van der Waals surface area contributed by atoms with Crippen molar-refractivity contribution < 1.29 is 23.9 Å². The molecule has 0 radical (unpaired) electrons. The van der Waals surface area contributed by atoms with Gasteiger partial charge in [-0.15, -0.1) is 0 Å². The second-order valence-electron chi connectivity index (χ2n) is 5.80. The molecule has 6 heteroatoms. The van der Waals surface area contributed by atoms with Crippen LogP contribution in [0.5, 0.6) is 5.75 Å². The first kappa shape index (κ1) is 18.0. The van der Waals surface area contributed by atoms with Gasteiger partial charge in [0.25, 0.3) is 5.91 Å². The number of hydrogen-bond donors (Lipinski definition) is 1. The van der Waals surface area contributed by atoms with Crippen molar-refractivity contribution in [2.45, 2.75) is 51.7 Å². The number of Topliss-reactive ketones (excluding diaryl/α,β-unsaturated/α-hetero) is 1. The summed E-state index contributed by atoms with van der Waals surface area (Å²) < 4.78 is 10.4. The standard InChI is InChI=1S/C18H23NO5/c1-3-23-15-8-4-13(5-9-15)16(20)10-11-17(21)24-12(2)18(22)19-14-6-7-14/h4-5,8-9,12,14H,3,6-7,10-11H2,1-2H3,(H,19,22)/t12-/m0/s1. The molecule has 1 N–H and O–H groups in total. The highest BCUT2D eigenvalue weighted by molar-refractivity contribution is 5.97. The van der Waals surface area contributed by atoms with Crippen molar-refractivity contribution in [2.24, 2.45) is 0 Å². The lowest BCUT2D eigenvalue weighted by atomic mass is 10.1. The Kier molecular flexibility index (Phi) is 6.35. The second-order valence-corrected chi connectivity index (χ2v) is 5.80. The molecule has 0 heterocycles. The number of benzene rings is 1. The summed E-state index contributed by atoms with van der Waals surface area (Å²) in [5, 5.41) is 2.77. The third-order valence-electron chi connectivity index (χ3n) is 3.64. The predicted molar refractivity (Wildman–Crippen MR) is 87.9 cm³/mol. The zero-order valence-corrected chi connectivity index (χ0v) is 14.0. The lowest BCUT2D eigenvalue weighted by Crippen LogP contribution is -2.37. The lowest BCUT2D eigenvalue weighted by Gasteiger charge is -2.13. The molecule has 1 amide bonds. The van der Waals surface area contributed by atoms with E-state index in [1.807, 2.05) is 6.92 Å². The fourth-order valence-corrected chi connectivity index (χ4v) is 2.12. The Balaban J connectivity index is 1.73. The molecular weight excluding hydrogens is 310 g/mol. The topological polar surface area (TPSA) is 81.7 Å². The zero-order chi connectivity index (χ0) is 17.5. The molecule has 0 saturated heterocycles. The van der Waals surface area contributed by atoms with Gasteiger partial charge in [-0.3, -0.25) is 14.4 Å². The first-order valence-electron chi connectivity index (χ1n) is 8.25. The van der Waals surface area contributed by atoms with Gasteiger partial charge in [0.15, 0.2) is 11.9 Å². The van der Waals surface area contributed by atoms with Gasteiger partial charge in [0.05, 0.1) is 13.0 Å². The van der Waals surface area contributed by atoms with Crippen molar-refractivity contribution in [3.8, 4) is 5.75 Å². The van der Waals surface area contributed by atoms with E-state index < -0.39 is 12.1 Å². The van der Waals surface area contributed by atoms with E-state index in [0.29, 0.717) is 17.9 Å². The van der Waals surface area contributed by atoms with E-state index in [9.17, 15) is 14.4 Å². The minimum atomic E-state index is -0.835. The normalized spacial score (nSPS) is 14.6. The summed E-state index contributed by atoms with van der Waals surface area (Å²) in [6.45, 7) is 3.98. The number of carbonyl (C=O) groups is 3. The summed E-state index contributed by atoms with van der Waals surface area (Å²) in [6.07, 6.45) is 1.11. The minimum Gasteiger partial charge on any atom is -0.494 e. The van der Waals surface area contributed by atoms with Crippen LogP contribution in [0.25, 0.3) is 0 Å². The first-order valence-corrected chi connectivity index (χ1v) is 8.25. The Morgan fingerprint density at radius 1 is 1.17 bits per heavy atom. The van der Waals surface area contributed by atoms with Crippen LogP contribution in [0.15, 0.2) is 24.3 Å². The number of carbonyl (C=O) groups excluding carboxylic acids is 3. The van der Waals surface area contributed by atoms with Crippen LogP contribution in [0.2, 0.25) is 0 Å². The van der Waals surface area contributed by atoms with Crippen molar-refractivity contribution in [3.05, 3.63) is 29.8 Å². The van der Waals surface area contributed by atoms with Gasteiger partial charge >= 0.3 is 5.97 Å². The molecule has 1 aliphatic rings. The van der Waals surface area contributed by atoms with Gasteiger partial charge in [-0.1, -0.05) is 0 Å². The van der Waals surface area contributed by atoms with E-state index in [1.54, 1.807) is 24.3 Å². The van der Waals surface area contributed by atoms with Crippen LogP contribution in [0.1, 0.15) is 49.9 Å². The largest absolute Gasteiger partial charge is 0.494 e. The summed E-state index contributed by atoms with van der Waals surface area (Å²) >= 11 is 0. The molecule has 1 saturated carbocycles. The van der Waals surface area contributed by atoms with Gasteiger partial charge in [-0.05, 0) is 51.0 Å². The summed E-state index contributed by atoms with van der Waals surface area (Å²) in [5.41, 5.74) is 0.519. The summed E-state index contributed by atoms with van der Waals surface area (Å²) in [4.78, 5) is 35.5. The number of hydrogen-bond acceptors (Lipinski definition) is 5. The molecule has 1 aliphatic carbocycles. The van der Waals surface area contributed by atoms with E-state index in [1.165, 1.54) is 6.92 Å². The molecule has 1 fully saturated rings. The molecule has 0 spiro atoms. The highest BCUT2D eigenvalue weighted by atomic mass is 16.5. The van der Waals surface area contributed by atoms with Crippen molar-refractivity contribution in [2.75, 3.05) is 6.61 Å². The fraction of sp³-hybridized carbons (Fsp3) is 0.500. The molecule has 0 aliphatic heterocycles. The summed E-state index contributed by atoms with van der Waals surface area (Å²) in [7, 11) is 0. The number of nitrogens with one attached hydrogen (secondary N) is 1. The van der Waals surface area contributed by atoms with Crippen molar-refractivity contribution in [1.82, 2.24) is 5.32 Å². The number of ether oxygens (including phenoxy) is 2. The van der Waals surface area contributed by atoms with Gasteiger partial charge in [-0.2, -0.15) is 0 Å². The molecule has 1 aromatic carbocycles. The zero-order valence-electron chi connectivity index (χ0n) is 14.0. The van der Waals surface area contributed by atoms with Crippen molar-refractivity contribution >= 4 is 17.7 Å². The van der Waals surface area contributed by atoms with Crippen LogP contribution < -0.4 is 10.1 Å². The fourth-order valence-electron chi connectivity index (χ4n) is 2.12. The Morgan fingerprint density at radius 2 is 1.83 bits per heavy atom. The molecule has 1 atom stereocenters. The van der Waals surface area contributed by atoms with Crippen molar-refractivity contribution in [3.63, 3.8) is 0 Å². The summed E-state index contributed by atoms with van der Waals surface area (Å²) in [5.74, 6) is -0.287. The lowest BCUT2D eigenvalue weighted by molar-refractivity contribution is -0.154. The molecule has 130 valence electrons. The number of amides is 1. The molecule has 0 unspecified atom stereocenters. The second kappa shape index (κ2) is 8.47. The molecule has 0 bridgehead atoms. The van der Waals surface area contributed by atoms with Crippen molar-refractivity contribution in [1.29, 1.82) is 0 Å². The molecule has 1 aromatic rings. The van der Waals surface area contributed by atoms with Crippen LogP contribution in [0, 0.1) is 0 Å². The van der Waals surface area contributed by atoms with Crippen LogP contribution in [0.3, 0.4) is 0 Å². The van der Waals surface area contributed by atoms with E-state index in [0.717, 1.165) is 12.8 Å². The Bertz CT molecular complexity index is 592. The number of esters is 1. The van der Waals surface area contributed by atoms with Gasteiger partial charge in [0.2, 0.25) is 0 Å². The van der Waals surface area contributed by atoms with E-state index >= 15 is 0 Å². The van der Waals surface area contributed by atoms with Gasteiger partial charge in [0, 0.05) is 18.0 Å².